The third-order valence-electron chi connectivity index (χ3n) is 4.34. The molecule has 0 saturated carbocycles. The van der Waals surface area contributed by atoms with E-state index in [1.165, 1.54) is 0 Å². The molecule has 1 aromatic rings. The topological polar surface area (TPSA) is 70.8 Å². The number of rotatable bonds is 2. The number of carbonyl (C=O) groups is 1. The van der Waals surface area contributed by atoms with Gasteiger partial charge in [0.15, 0.2) is 6.61 Å². The lowest BCUT2D eigenvalue weighted by molar-refractivity contribution is -0.118. The zero-order valence-corrected chi connectivity index (χ0v) is 12.7. The molecular weight excluding hydrogens is 268 g/mol. The summed E-state index contributed by atoms with van der Waals surface area (Å²) in [7, 11) is 4.21. The molecule has 0 spiro atoms. The molecule has 1 aromatic carbocycles. The maximum atomic E-state index is 11.4. The van der Waals surface area contributed by atoms with Crippen molar-refractivity contribution in [2.24, 2.45) is 5.92 Å². The molecule has 2 aliphatic heterocycles. The Balaban J connectivity index is 1.89. The van der Waals surface area contributed by atoms with Crippen molar-refractivity contribution < 1.29 is 9.53 Å². The lowest BCUT2D eigenvalue weighted by Gasteiger charge is -2.26. The van der Waals surface area contributed by atoms with Crippen LogP contribution in [0.5, 0.6) is 5.75 Å². The van der Waals surface area contributed by atoms with Gasteiger partial charge in [-0.15, -0.1) is 0 Å². The maximum Gasteiger partial charge on any atom is 0.262 e. The highest BCUT2D eigenvalue weighted by atomic mass is 16.5. The molecule has 6 nitrogen and oxygen atoms in total. The van der Waals surface area contributed by atoms with Crippen LogP contribution in [0.3, 0.4) is 0 Å². The number of fused-ring (bicyclic) bond motifs is 1. The number of nitrogen functional groups attached to an aromatic ring is 1. The second-order valence-electron chi connectivity index (χ2n) is 6.16. The number of amides is 1. The number of hydrogen-bond donors (Lipinski definition) is 2. The van der Waals surface area contributed by atoms with Crippen molar-refractivity contribution in [1.82, 2.24) is 4.90 Å². The fraction of sp³-hybridized carbons (Fsp3) is 0.533. The van der Waals surface area contributed by atoms with Gasteiger partial charge in [-0.25, -0.2) is 0 Å². The number of anilines is 3. The van der Waals surface area contributed by atoms with Crippen LogP contribution in [-0.2, 0) is 4.79 Å². The van der Waals surface area contributed by atoms with Gasteiger partial charge in [0.25, 0.3) is 5.91 Å². The molecule has 0 aliphatic carbocycles. The summed E-state index contributed by atoms with van der Waals surface area (Å²) in [6, 6.07) is 4.23. The van der Waals surface area contributed by atoms with Crippen molar-refractivity contribution in [2.75, 3.05) is 49.7 Å². The second kappa shape index (κ2) is 5.11. The van der Waals surface area contributed by atoms with Crippen molar-refractivity contribution >= 4 is 23.0 Å². The quantitative estimate of drug-likeness (QED) is 0.795. The number of benzene rings is 1. The van der Waals surface area contributed by atoms with E-state index in [0.29, 0.717) is 29.1 Å². The van der Waals surface area contributed by atoms with Crippen LogP contribution in [0, 0.1) is 5.92 Å². The van der Waals surface area contributed by atoms with Gasteiger partial charge < -0.3 is 25.6 Å². The molecule has 0 bridgehead atoms. The molecule has 3 N–H and O–H groups in total. The van der Waals surface area contributed by atoms with Crippen LogP contribution in [0.2, 0.25) is 0 Å². The standard InChI is InChI=1S/C15H22N4O2/c1-9-6-19(7-13(9)18(2)3)12-5-11-14(4-10(12)16)21-8-15(20)17-11/h4-5,9,13H,6-8,16H2,1-3H3,(H,17,20). The Morgan fingerprint density at radius 1 is 1.38 bits per heavy atom. The van der Waals surface area contributed by atoms with Crippen LogP contribution >= 0.6 is 0 Å². The van der Waals surface area contributed by atoms with Gasteiger partial charge in [0.05, 0.1) is 17.1 Å². The van der Waals surface area contributed by atoms with E-state index in [4.69, 9.17) is 10.5 Å². The highest BCUT2D eigenvalue weighted by Gasteiger charge is 2.32. The van der Waals surface area contributed by atoms with Crippen molar-refractivity contribution in [3.63, 3.8) is 0 Å². The number of ether oxygens (including phenoxy) is 1. The minimum Gasteiger partial charge on any atom is -0.482 e. The number of carbonyl (C=O) groups excluding carboxylic acids is 1. The number of hydrogen-bond acceptors (Lipinski definition) is 5. The zero-order chi connectivity index (χ0) is 15.1. The highest BCUT2D eigenvalue weighted by molar-refractivity contribution is 5.97. The highest BCUT2D eigenvalue weighted by Crippen LogP contribution is 2.39. The molecule has 0 radical (unpaired) electrons. The largest absolute Gasteiger partial charge is 0.482 e. The number of likely N-dealkylation sites (N-methyl/N-ethyl adjacent to an activating group) is 1. The van der Waals surface area contributed by atoms with Crippen LogP contribution in [0.15, 0.2) is 12.1 Å². The normalized spacial score (nSPS) is 24.8. The zero-order valence-electron chi connectivity index (χ0n) is 12.7. The van der Waals surface area contributed by atoms with E-state index in [1.807, 2.05) is 6.07 Å². The Bertz CT molecular complexity index is 573. The Morgan fingerprint density at radius 3 is 2.81 bits per heavy atom. The second-order valence-corrected chi connectivity index (χ2v) is 6.16. The Morgan fingerprint density at radius 2 is 2.14 bits per heavy atom. The molecule has 6 heteroatoms. The molecule has 0 aromatic heterocycles. The minimum atomic E-state index is -0.126. The maximum absolute atomic E-state index is 11.4. The van der Waals surface area contributed by atoms with Gasteiger partial charge in [-0.05, 0) is 26.1 Å². The van der Waals surface area contributed by atoms with Crippen LogP contribution in [0.4, 0.5) is 17.1 Å². The first-order chi connectivity index (χ1) is 9.95. The van der Waals surface area contributed by atoms with Crippen molar-refractivity contribution in [3.05, 3.63) is 12.1 Å². The summed E-state index contributed by atoms with van der Waals surface area (Å²) in [4.78, 5) is 16.0. The first-order valence-corrected chi connectivity index (χ1v) is 7.23. The molecule has 2 heterocycles. The summed E-state index contributed by atoms with van der Waals surface area (Å²) in [6.07, 6.45) is 0. The van der Waals surface area contributed by atoms with E-state index in [-0.39, 0.29) is 12.5 Å². The number of nitrogens with two attached hydrogens (primary N) is 1. The van der Waals surface area contributed by atoms with E-state index < -0.39 is 0 Å². The molecular formula is C15H22N4O2. The minimum absolute atomic E-state index is 0.0508. The fourth-order valence-electron chi connectivity index (χ4n) is 3.22. The average Bonchev–Trinajstić information content (AvgIpc) is 2.80. The Hall–Kier alpha value is -1.95. The molecule has 2 unspecified atom stereocenters. The van der Waals surface area contributed by atoms with Crippen molar-refractivity contribution in [1.29, 1.82) is 0 Å². The molecule has 1 saturated heterocycles. The van der Waals surface area contributed by atoms with Gasteiger partial charge in [-0.2, -0.15) is 0 Å². The van der Waals surface area contributed by atoms with Crippen LogP contribution < -0.4 is 20.7 Å². The van der Waals surface area contributed by atoms with Crippen LogP contribution in [0.25, 0.3) is 0 Å². The van der Waals surface area contributed by atoms with Gasteiger partial charge in [0.1, 0.15) is 5.75 Å². The van der Waals surface area contributed by atoms with Gasteiger partial charge >= 0.3 is 0 Å². The van der Waals surface area contributed by atoms with Gasteiger partial charge in [-0.3, -0.25) is 4.79 Å². The van der Waals surface area contributed by atoms with Crippen LogP contribution in [0.1, 0.15) is 6.92 Å². The third kappa shape index (κ3) is 2.51. The Labute approximate surface area is 124 Å². The molecule has 21 heavy (non-hydrogen) atoms. The van der Waals surface area contributed by atoms with Crippen molar-refractivity contribution in [2.45, 2.75) is 13.0 Å². The summed E-state index contributed by atoms with van der Waals surface area (Å²) >= 11 is 0. The number of nitrogens with one attached hydrogen (secondary N) is 1. The van der Waals surface area contributed by atoms with Gasteiger partial charge in [-0.1, -0.05) is 6.92 Å². The fourth-order valence-corrected chi connectivity index (χ4v) is 3.22. The van der Waals surface area contributed by atoms with Gasteiger partial charge in [0, 0.05) is 25.2 Å². The molecule has 1 fully saturated rings. The van der Waals surface area contributed by atoms with E-state index in [2.05, 4.69) is 36.1 Å². The molecule has 2 aliphatic rings. The van der Waals surface area contributed by atoms with E-state index in [9.17, 15) is 4.79 Å². The lowest BCUT2D eigenvalue weighted by Crippen LogP contribution is -2.34. The molecule has 2 atom stereocenters. The predicted octanol–water partition coefficient (Wildman–Crippen LogP) is 0.986. The molecule has 1 amide bonds. The summed E-state index contributed by atoms with van der Waals surface area (Å²) < 4.78 is 5.40. The van der Waals surface area contributed by atoms with E-state index in [1.54, 1.807) is 6.07 Å². The molecule has 3 rings (SSSR count). The molecule has 114 valence electrons. The van der Waals surface area contributed by atoms with Crippen LogP contribution in [-0.4, -0.2) is 50.6 Å². The third-order valence-corrected chi connectivity index (χ3v) is 4.34. The SMILES string of the molecule is CC1CN(c2cc3c(cc2N)OCC(=O)N3)CC1N(C)C. The Kier molecular flexibility index (Phi) is 3.41. The number of nitrogens with zero attached hydrogens (tertiary/aromatic N) is 2. The van der Waals surface area contributed by atoms with E-state index >= 15 is 0 Å². The average molecular weight is 290 g/mol. The summed E-state index contributed by atoms with van der Waals surface area (Å²) in [5.41, 5.74) is 8.54. The summed E-state index contributed by atoms with van der Waals surface area (Å²) in [5.74, 6) is 1.09. The van der Waals surface area contributed by atoms with Crippen molar-refractivity contribution in [3.8, 4) is 5.75 Å². The van der Waals surface area contributed by atoms with E-state index in [0.717, 1.165) is 18.8 Å². The lowest BCUT2D eigenvalue weighted by atomic mass is 10.1. The summed E-state index contributed by atoms with van der Waals surface area (Å²) in [5, 5.41) is 2.84. The predicted molar refractivity (Wildman–Crippen MR) is 83.8 cm³/mol. The smallest absolute Gasteiger partial charge is 0.262 e. The first kappa shape index (κ1) is 14.0. The van der Waals surface area contributed by atoms with Gasteiger partial charge in [0.2, 0.25) is 0 Å². The monoisotopic (exact) mass is 290 g/mol. The first-order valence-electron chi connectivity index (χ1n) is 7.23. The summed E-state index contributed by atoms with van der Waals surface area (Å²) in [6.45, 7) is 4.20.